The minimum atomic E-state index is -0.290. The molecule has 2 N–H and O–H groups in total. The molecule has 0 saturated carbocycles. The Morgan fingerprint density at radius 3 is 2.50 bits per heavy atom. The summed E-state index contributed by atoms with van der Waals surface area (Å²) < 4.78 is 20.5. The largest absolute Gasteiger partial charge is 0.375 e. The molecule has 1 fully saturated rings. The Morgan fingerprint density at radius 2 is 1.81 bits per heavy atom. The highest BCUT2D eigenvalue weighted by Crippen LogP contribution is 2.42. The molecule has 2 aromatic carbocycles. The fourth-order valence-electron chi connectivity index (χ4n) is 4.44. The van der Waals surface area contributed by atoms with E-state index in [2.05, 4.69) is 15.6 Å². The van der Waals surface area contributed by atoms with Gasteiger partial charge in [0.15, 0.2) is 5.11 Å². The molecule has 7 nitrogen and oxygen atoms in total. The summed E-state index contributed by atoms with van der Waals surface area (Å²) >= 11 is 5.81. The lowest BCUT2D eigenvalue weighted by Gasteiger charge is -2.29. The van der Waals surface area contributed by atoms with Crippen molar-refractivity contribution >= 4 is 34.6 Å². The van der Waals surface area contributed by atoms with Gasteiger partial charge in [-0.3, -0.25) is 9.78 Å². The first kappa shape index (κ1) is 23.7. The van der Waals surface area contributed by atoms with Gasteiger partial charge in [0.05, 0.1) is 11.7 Å². The van der Waals surface area contributed by atoms with Crippen LogP contribution in [0, 0.1) is 5.82 Å². The molecule has 9 heteroatoms. The van der Waals surface area contributed by atoms with Gasteiger partial charge in [-0.15, -0.1) is 0 Å². The predicted octanol–water partition coefficient (Wildman–Crippen LogP) is 4.77. The number of nitrogens with zero attached hydrogens (tertiary/aromatic N) is 3. The zero-order chi connectivity index (χ0) is 25.1. The van der Waals surface area contributed by atoms with Gasteiger partial charge in [-0.25, -0.2) is 4.39 Å². The smallest absolute Gasteiger partial charge is 0.250 e. The zero-order valence-electron chi connectivity index (χ0n) is 19.5. The van der Waals surface area contributed by atoms with E-state index in [0.29, 0.717) is 10.8 Å². The third-order valence-corrected chi connectivity index (χ3v) is 6.31. The van der Waals surface area contributed by atoms with E-state index >= 15 is 0 Å². The number of thiocarbonyl (C=S) groups is 1. The van der Waals surface area contributed by atoms with Crippen molar-refractivity contribution < 1.29 is 13.9 Å². The number of carbonyl (C=O) groups excluding carboxylic acids is 1. The highest BCUT2D eigenvalue weighted by Gasteiger charge is 2.42. The fourth-order valence-corrected chi connectivity index (χ4v) is 4.78. The summed E-state index contributed by atoms with van der Waals surface area (Å²) in [6, 6.07) is 23.2. The number of carbonyl (C=O) groups is 1. The van der Waals surface area contributed by atoms with Crippen molar-refractivity contribution in [1.29, 1.82) is 0 Å². The molecule has 0 radical (unpaired) electrons. The lowest BCUT2D eigenvalue weighted by molar-refractivity contribution is -0.119. The maximum absolute atomic E-state index is 13.6. The molecule has 2 unspecified atom stereocenters. The minimum Gasteiger partial charge on any atom is -0.375 e. The van der Waals surface area contributed by atoms with Crippen LogP contribution in [-0.4, -0.2) is 34.3 Å². The standard InChI is InChI=1S/C27H24FN5O2S/c1-35-17-24(34)30-19-9-13-21(14-10-19)33-26(25(31-27(33)36)22-5-2-3-15-29-22)23-6-4-16-32(23)20-11-7-18(28)8-12-20/h2-16,25-26H,17H2,1H3,(H,30,34)(H,31,36). The number of aromatic nitrogens is 2. The lowest BCUT2D eigenvalue weighted by atomic mass is 10.0. The average molecular weight is 502 g/mol. The number of hydrogen-bond donors (Lipinski definition) is 2. The van der Waals surface area contributed by atoms with E-state index in [1.54, 1.807) is 18.3 Å². The van der Waals surface area contributed by atoms with Gasteiger partial charge in [0.2, 0.25) is 5.91 Å². The predicted molar refractivity (Wildman–Crippen MR) is 141 cm³/mol. The molecule has 0 bridgehead atoms. The Balaban J connectivity index is 1.55. The third kappa shape index (κ3) is 4.71. The second-order valence-corrected chi connectivity index (χ2v) is 8.69. The normalized spacial score (nSPS) is 17.2. The molecule has 1 aliphatic heterocycles. The molecular formula is C27H24FN5O2S. The van der Waals surface area contributed by atoms with Crippen LogP contribution in [0.15, 0.2) is 91.3 Å². The molecule has 36 heavy (non-hydrogen) atoms. The van der Waals surface area contributed by atoms with Crippen molar-refractivity contribution in [1.82, 2.24) is 14.9 Å². The van der Waals surface area contributed by atoms with Crippen LogP contribution in [0.4, 0.5) is 15.8 Å². The zero-order valence-corrected chi connectivity index (χ0v) is 20.3. The first-order valence-electron chi connectivity index (χ1n) is 11.4. The summed E-state index contributed by atoms with van der Waals surface area (Å²) in [4.78, 5) is 18.5. The van der Waals surface area contributed by atoms with Crippen molar-refractivity contribution in [2.45, 2.75) is 12.1 Å². The number of benzene rings is 2. The molecule has 5 rings (SSSR count). The van der Waals surface area contributed by atoms with Crippen LogP contribution >= 0.6 is 12.2 Å². The summed E-state index contributed by atoms with van der Waals surface area (Å²) in [7, 11) is 1.48. The van der Waals surface area contributed by atoms with E-state index in [4.69, 9.17) is 17.0 Å². The van der Waals surface area contributed by atoms with Crippen LogP contribution in [-0.2, 0) is 9.53 Å². The second-order valence-electron chi connectivity index (χ2n) is 8.30. The van der Waals surface area contributed by atoms with Crippen LogP contribution in [0.3, 0.4) is 0 Å². The molecule has 0 spiro atoms. The third-order valence-electron chi connectivity index (χ3n) is 5.99. The number of ether oxygens (including phenoxy) is 1. The van der Waals surface area contributed by atoms with Crippen molar-refractivity contribution in [3.8, 4) is 5.69 Å². The van der Waals surface area contributed by atoms with Gasteiger partial charge >= 0.3 is 0 Å². The quantitative estimate of drug-likeness (QED) is 0.356. The molecule has 3 heterocycles. The molecule has 2 atom stereocenters. The summed E-state index contributed by atoms with van der Waals surface area (Å²) in [5.74, 6) is -0.518. The molecule has 1 saturated heterocycles. The van der Waals surface area contributed by atoms with Gasteiger partial charge in [-0.1, -0.05) is 6.07 Å². The van der Waals surface area contributed by atoms with Crippen LogP contribution < -0.4 is 15.5 Å². The number of rotatable bonds is 7. The number of pyridine rings is 1. The maximum Gasteiger partial charge on any atom is 0.250 e. The first-order valence-corrected chi connectivity index (χ1v) is 11.8. The Hall–Kier alpha value is -4.08. The molecule has 4 aromatic rings. The van der Waals surface area contributed by atoms with E-state index in [1.165, 1.54) is 19.2 Å². The molecule has 1 amide bonds. The molecule has 182 valence electrons. The average Bonchev–Trinajstić information content (AvgIpc) is 3.50. The SMILES string of the molecule is COCC(=O)Nc1ccc(N2C(=S)NC(c3ccccn3)C2c2cccn2-c2ccc(F)cc2)cc1. The van der Waals surface area contributed by atoms with Gasteiger partial charge in [-0.05, 0) is 85.0 Å². The second kappa shape index (κ2) is 10.3. The summed E-state index contributed by atoms with van der Waals surface area (Å²) in [5, 5.41) is 6.80. The van der Waals surface area contributed by atoms with Gasteiger partial charge in [-0.2, -0.15) is 0 Å². The van der Waals surface area contributed by atoms with Crippen molar-refractivity contribution in [2.75, 3.05) is 23.9 Å². The number of halogens is 1. The Kier molecular flexibility index (Phi) is 6.75. The van der Waals surface area contributed by atoms with E-state index in [1.807, 2.05) is 70.3 Å². The summed E-state index contributed by atoms with van der Waals surface area (Å²) in [5.41, 5.74) is 4.16. The first-order chi connectivity index (χ1) is 17.5. The van der Waals surface area contributed by atoms with Crippen molar-refractivity contribution in [3.05, 3.63) is 108 Å². The minimum absolute atomic E-state index is 0.0178. The summed E-state index contributed by atoms with van der Waals surface area (Å²) in [6.45, 7) is -0.0178. The topological polar surface area (TPSA) is 71.4 Å². The number of hydrogen-bond acceptors (Lipinski definition) is 4. The molecular weight excluding hydrogens is 477 g/mol. The van der Waals surface area contributed by atoms with Gasteiger partial charge in [0, 0.05) is 42.3 Å². The fraction of sp³-hybridized carbons (Fsp3) is 0.148. The van der Waals surface area contributed by atoms with Crippen LogP contribution in [0.1, 0.15) is 23.5 Å². The Morgan fingerprint density at radius 1 is 1.06 bits per heavy atom. The highest BCUT2D eigenvalue weighted by molar-refractivity contribution is 7.80. The van der Waals surface area contributed by atoms with E-state index in [9.17, 15) is 9.18 Å². The van der Waals surface area contributed by atoms with Gasteiger partial charge < -0.3 is 24.8 Å². The van der Waals surface area contributed by atoms with Crippen molar-refractivity contribution in [3.63, 3.8) is 0 Å². The monoisotopic (exact) mass is 501 g/mol. The van der Waals surface area contributed by atoms with Gasteiger partial charge in [0.1, 0.15) is 18.5 Å². The molecule has 2 aromatic heterocycles. The number of nitrogens with one attached hydrogen (secondary N) is 2. The van der Waals surface area contributed by atoms with Crippen LogP contribution in [0.5, 0.6) is 0 Å². The van der Waals surface area contributed by atoms with E-state index in [-0.39, 0.29) is 30.4 Å². The lowest BCUT2D eigenvalue weighted by Crippen LogP contribution is -2.30. The Labute approximate surface area is 213 Å². The van der Waals surface area contributed by atoms with Crippen molar-refractivity contribution in [2.24, 2.45) is 0 Å². The van der Waals surface area contributed by atoms with E-state index < -0.39 is 0 Å². The van der Waals surface area contributed by atoms with Crippen LogP contribution in [0.2, 0.25) is 0 Å². The Bertz CT molecular complexity index is 1360. The highest BCUT2D eigenvalue weighted by atomic mass is 32.1. The van der Waals surface area contributed by atoms with E-state index in [0.717, 1.165) is 22.8 Å². The maximum atomic E-state index is 13.6. The number of methoxy groups -OCH3 is 1. The van der Waals surface area contributed by atoms with Gasteiger partial charge in [0.25, 0.3) is 0 Å². The number of amides is 1. The summed E-state index contributed by atoms with van der Waals surface area (Å²) in [6.07, 6.45) is 3.71. The molecule has 1 aliphatic rings. The molecule has 0 aliphatic carbocycles. The number of anilines is 2. The van der Waals surface area contributed by atoms with Crippen LogP contribution in [0.25, 0.3) is 5.69 Å².